The number of allylic oxidation sites excluding steroid dienone is 1. The molecule has 0 aliphatic rings. The van der Waals surface area contributed by atoms with E-state index in [0.717, 1.165) is 11.3 Å². The van der Waals surface area contributed by atoms with E-state index >= 15 is 0 Å². The first kappa shape index (κ1) is 15.6. The van der Waals surface area contributed by atoms with Crippen LogP contribution in [0.25, 0.3) is 6.08 Å². The molecule has 4 heteroatoms. The molecular formula is C17H15Cl2NO. The highest BCUT2D eigenvalue weighted by Crippen LogP contribution is 2.26. The molecule has 2 aromatic carbocycles. The molecule has 0 saturated carbocycles. The first-order chi connectivity index (χ1) is 9.99. The molecule has 0 atom stereocenters. The van der Waals surface area contributed by atoms with E-state index in [4.69, 9.17) is 23.2 Å². The monoisotopic (exact) mass is 319 g/mol. The van der Waals surface area contributed by atoms with Crippen molar-refractivity contribution in [3.8, 4) is 0 Å². The third-order valence-corrected chi connectivity index (χ3v) is 3.90. The number of nitrogens with zero attached hydrogens (tertiary/aromatic N) is 1. The van der Waals surface area contributed by atoms with E-state index in [2.05, 4.69) is 0 Å². The van der Waals surface area contributed by atoms with E-state index in [-0.39, 0.29) is 5.78 Å². The van der Waals surface area contributed by atoms with Crippen molar-refractivity contribution in [2.45, 2.75) is 0 Å². The Hall–Kier alpha value is -1.77. The van der Waals surface area contributed by atoms with Crippen LogP contribution in [0, 0.1) is 0 Å². The van der Waals surface area contributed by atoms with Gasteiger partial charge in [0.1, 0.15) is 0 Å². The fourth-order valence-electron chi connectivity index (χ4n) is 1.83. The number of hydrogen-bond donors (Lipinski definition) is 0. The van der Waals surface area contributed by atoms with Gasteiger partial charge < -0.3 is 4.90 Å². The van der Waals surface area contributed by atoms with Crippen LogP contribution in [-0.2, 0) is 0 Å². The number of rotatable bonds is 4. The maximum absolute atomic E-state index is 12.1. The third-order valence-electron chi connectivity index (χ3n) is 3.06. The van der Waals surface area contributed by atoms with Gasteiger partial charge in [0.25, 0.3) is 0 Å². The Morgan fingerprint density at radius 3 is 2.33 bits per heavy atom. The third kappa shape index (κ3) is 3.87. The van der Waals surface area contributed by atoms with Gasteiger partial charge in [-0.3, -0.25) is 4.79 Å². The smallest absolute Gasteiger partial charge is 0.185 e. The zero-order chi connectivity index (χ0) is 15.4. The summed E-state index contributed by atoms with van der Waals surface area (Å²) < 4.78 is 0. The van der Waals surface area contributed by atoms with Crippen LogP contribution in [0.5, 0.6) is 0 Å². The Labute approximate surface area is 134 Å². The van der Waals surface area contributed by atoms with Crippen molar-refractivity contribution in [3.63, 3.8) is 0 Å². The van der Waals surface area contributed by atoms with E-state index in [1.165, 1.54) is 6.08 Å². The van der Waals surface area contributed by atoms with Crippen molar-refractivity contribution < 1.29 is 4.79 Å². The van der Waals surface area contributed by atoms with Crippen molar-refractivity contribution in [1.82, 2.24) is 0 Å². The minimum atomic E-state index is -0.0728. The second-order valence-corrected chi connectivity index (χ2v) is 5.57. The number of carbonyl (C=O) groups excluding carboxylic acids is 1. The number of hydrogen-bond acceptors (Lipinski definition) is 2. The fourth-order valence-corrected chi connectivity index (χ4v) is 2.21. The van der Waals surface area contributed by atoms with Crippen LogP contribution in [0.1, 0.15) is 15.9 Å². The molecule has 2 rings (SSSR count). The largest absolute Gasteiger partial charge is 0.378 e. The first-order valence-corrected chi connectivity index (χ1v) is 7.18. The zero-order valence-corrected chi connectivity index (χ0v) is 13.3. The van der Waals surface area contributed by atoms with Crippen LogP contribution in [0.15, 0.2) is 48.5 Å². The molecule has 2 nitrogen and oxygen atoms in total. The van der Waals surface area contributed by atoms with Crippen molar-refractivity contribution in [3.05, 3.63) is 69.7 Å². The van der Waals surface area contributed by atoms with Crippen molar-refractivity contribution in [2.75, 3.05) is 19.0 Å². The summed E-state index contributed by atoms with van der Waals surface area (Å²) in [5, 5.41) is 0.924. The number of benzene rings is 2. The normalized spacial score (nSPS) is 10.9. The van der Waals surface area contributed by atoms with Crippen LogP contribution in [0.2, 0.25) is 10.0 Å². The maximum Gasteiger partial charge on any atom is 0.185 e. The highest BCUT2D eigenvalue weighted by molar-refractivity contribution is 6.42. The highest BCUT2D eigenvalue weighted by Gasteiger charge is 2.04. The van der Waals surface area contributed by atoms with E-state index in [1.54, 1.807) is 18.2 Å². The topological polar surface area (TPSA) is 20.3 Å². The minimum absolute atomic E-state index is 0.0728. The van der Waals surface area contributed by atoms with E-state index < -0.39 is 0 Å². The predicted octanol–water partition coefficient (Wildman–Crippen LogP) is 4.96. The molecule has 0 aromatic heterocycles. The summed E-state index contributed by atoms with van der Waals surface area (Å²) in [6.07, 6.45) is 3.18. The molecule has 0 amide bonds. The van der Waals surface area contributed by atoms with Crippen LogP contribution in [-0.4, -0.2) is 19.9 Å². The highest BCUT2D eigenvalue weighted by atomic mass is 35.5. The summed E-state index contributed by atoms with van der Waals surface area (Å²) in [6, 6.07) is 12.8. The van der Waals surface area contributed by atoms with E-state index in [0.29, 0.717) is 15.6 Å². The summed E-state index contributed by atoms with van der Waals surface area (Å²) in [5.74, 6) is -0.0728. The first-order valence-electron chi connectivity index (χ1n) is 6.43. The maximum atomic E-state index is 12.1. The molecular weight excluding hydrogens is 305 g/mol. The van der Waals surface area contributed by atoms with Gasteiger partial charge in [0.15, 0.2) is 5.78 Å². The van der Waals surface area contributed by atoms with Crippen LogP contribution < -0.4 is 4.90 Å². The predicted molar refractivity (Wildman–Crippen MR) is 90.6 cm³/mol. The average molecular weight is 320 g/mol. The number of anilines is 1. The van der Waals surface area contributed by atoms with Gasteiger partial charge in [0, 0.05) is 25.3 Å². The lowest BCUT2D eigenvalue weighted by atomic mass is 10.1. The van der Waals surface area contributed by atoms with Gasteiger partial charge >= 0.3 is 0 Å². The molecule has 0 spiro atoms. The van der Waals surface area contributed by atoms with Crippen LogP contribution in [0.4, 0.5) is 5.69 Å². The summed E-state index contributed by atoms with van der Waals surface area (Å²) in [7, 11) is 3.91. The Kier molecular flexibility index (Phi) is 5.05. The molecule has 0 aliphatic heterocycles. The van der Waals surface area contributed by atoms with Gasteiger partial charge in [0.05, 0.1) is 10.0 Å². The molecule has 0 radical (unpaired) electrons. The summed E-state index contributed by atoms with van der Waals surface area (Å²) in [6.45, 7) is 0. The van der Waals surface area contributed by atoms with Gasteiger partial charge in [-0.2, -0.15) is 0 Å². The van der Waals surface area contributed by atoms with Gasteiger partial charge in [-0.15, -0.1) is 0 Å². The van der Waals surface area contributed by atoms with Crippen molar-refractivity contribution >= 4 is 40.7 Å². The molecule has 0 unspecified atom stereocenters. The summed E-state index contributed by atoms with van der Waals surface area (Å²) in [4.78, 5) is 14.1. The average Bonchev–Trinajstić information content (AvgIpc) is 2.48. The Balaban J connectivity index is 2.17. The van der Waals surface area contributed by atoms with Crippen molar-refractivity contribution in [2.24, 2.45) is 0 Å². The molecule has 0 N–H and O–H groups in total. The molecule has 0 saturated heterocycles. The quantitative estimate of drug-likeness (QED) is 0.586. The molecule has 108 valence electrons. The van der Waals surface area contributed by atoms with Gasteiger partial charge in [-0.05, 0) is 48.0 Å². The van der Waals surface area contributed by atoms with Gasteiger partial charge in [-0.25, -0.2) is 0 Å². The Bertz CT molecular complexity index is 676. The molecule has 0 heterocycles. The molecule has 0 fully saturated rings. The Morgan fingerprint density at radius 1 is 1.05 bits per heavy atom. The van der Waals surface area contributed by atoms with Crippen molar-refractivity contribution in [1.29, 1.82) is 0 Å². The van der Waals surface area contributed by atoms with Gasteiger partial charge in [0.2, 0.25) is 0 Å². The second kappa shape index (κ2) is 6.79. The summed E-state index contributed by atoms with van der Waals surface area (Å²) in [5.41, 5.74) is 2.41. The SMILES string of the molecule is CN(C)c1ccc(C(=O)/C=C/c2cccc(Cl)c2Cl)cc1. The number of halogens is 2. The molecule has 21 heavy (non-hydrogen) atoms. The van der Waals surface area contributed by atoms with Crippen LogP contribution in [0.3, 0.4) is 0 Å². The lowest BCUT2D eigenvalue weighted by Crippen LogP contribution is -2.08. The second-order valence-electron chi connectivity index (χ2n) is 4.78. The standard InChI is InChI=1S/C17H15Cl2NO/c1-20(2)14-9-6-12(7-10-14)16(21)11-8-13-4-3-5-15(18)17(13)19/h3-11H,1-2H3/b11-8+. The van der Waals surface area contributed by atoms with Gasteiger partial charge in [-0.1, -0.05) is 35.3 Å². The van der Waals surface area contributed by atoms with E-state index in [1.807, 2.05) is 49.3 Å². The molecule has 0 aliphatic carbocycles. The molecule has 2 aromatic rings. The number of carbonyl (C=O) groups is 1. The fraction of sp³-hybridized carbons (Fsp3) is 0.118. The number of ketones is 1. The minimum Gasteiger partial charge on any atom is -0.378 e. The Morgan fingerprint density at radius 2 is 1.71 bits per heavy atom. The summed E-state index contributed by atoms with van der Waals surface area (Å²) >= 11 is 12.0. The van der Waals surface area contributed by atoms with Crippen LogP contribution >= 0.6 is 23.2 Å². The lowest BCUT2D eigenvalue weighted by Gasteiger charge is -2.11. The molecule has 0 bridgehead atoms. The lowest BCUT2D eigenvalue weighted by molar-refractivity contribution is 0.104. The zero-order valence-electron chi connectivity index (χ0n) is 11.8. The van der Waals surface area contributed by atoms with E-state index in [9.17, 15) is 4.79 Å².